The van der Waals surface area contributed by atoms with Crippen LogP contribution in [0.4, 0.5) is 34.3 Å². The van der Waals surface area contributed by atoms with E-state index in [2.05, 4.69) is 76.0 Å². The van der Waals surface area contributed by atoms with E-state index in [9.17, 15) is 4.79 Å². The van der Waals surface area contributed by atoms with E-state index in [1.54, 1.807) is 18.3 Å². The zero-order valence-corrected chi connectivity index (χ0v) is 20.1. The van der Waals surface area contributed by atoms with E-state index in [0.29, 0.717) is 11.4 Å². The Morgan fingerprint density at radius 3 is 2.03 bits per heavy atom. The van der Waals surface area contributed by atoms with Gasteiger partial charge in [-0.3, -0.25) is 0 Å². The van der Waals surface area contributed by atoms with Gasteiger partial charge in [-0.1, -0.05) is 31.5 Å². The number of rotatable bonds is 10. The number of hydrogen-bond donors (Lipinski definition) is 2. The highest BCUT2D eigenvalue weighted by atomic mass is 16.5. The largest absolute Gasteiger partial charge is 0.465 e. The van der Waals surface area contributed by atoms with Crippen LogP contribution in [0.25, 0.3) is 0 Å². The van der Waals surface area contributed by atoms with Crippen molar-refractivity contribution in [2.75, 3.05) is 29.2 Å². The van der Waals surface area contributed by atoms with Crippen molar-refractivity contribution in [3.8, 4) is 0 Å². The molecule has 0 radical (unpaired) electrons. The summed E-state index contributed by atoms with van der Waals surface area (Å²) in [5.41, 5.74) is 5.56. The number of carbonyl (C=O) groups excluding carboxylic acids is 1. The highest BCUT2D eigenvalue weighted by Crippen LogP contribution is 2.28. The molecule has 0 fully saturated rings. The molecule has 0 saturated carbocycles. The van der Waals surface area contributed by atoms with E-state index in [4.69, 9.17) is 4.74 Å². The first-order chi connectivity index (χ1) is 17.2. The molecule has 0 atom stereocenters. The Bertz CT molecular complexity index is 1230. The van der Waals surface area contributed by atoms with E-state index in [1.165, 1.54) is 18.5 Å². The second-order valence-electron chi connectivity index (χ2n) is 8.11. The molecule has 6 heteroatoms. The van der Waals surface area contributed by atoms with Gasteiger partial charge in [0.05, 0.1) is 7.11 Å². The third-order valence-electron chi connectivity index (χ3n) is 5.63. The van der Waals surface area contributed by atoms with Crippen molar-refractivity contribution in [2.24, 2.45) is 0 Å². The predicted octanol–water partition coefficient (Wildman–Crippen LogP) is 7.29. The number of methoxy groups -OCH3 is 1. The third kappa shape index (κ3) is 6.18. The fourth-order valence-corrected chi connectivity index (χ4v) is 3.78. The number of ether oxygens (including phenoxy) is 1. The van der Waals surface area contributed by atoms with Crippen LogP contribution in [-0.2, 0) is 4.74 Å². The number of nitrogens with one attached hydrogen (secondary N) is 2. The van der Waals surface area contributed by atoms with Gasteiger partial charge in [-0.25, -0.2) is 9.78 Å². The Morgan fingerprint density at radius 1 is 0.800 bits per heavy atom. The van der Waals surface area contributed by atoms with Gasteiger partial charge >= 0.3 is 5.97 Å². The maximum Gasteiger partial charge on any atom is 0.341 e. The van der Waals surface area contributed by atoms with Crippen molar-refractivity contribution in [1.29, 1.82) is 0 Å². The van der Waals surface area contributed by atoms with Gasteiger partial charge in [0.1, 0.15) is 11.4 Å². The van der Waals surface area contributed by atoms with Crippen molar-refractivity contribution < 1.29 is 9.53 Å². The Hall–Kier alpha value is -4.32. The highest BCUT2D eigenvalue weighted by molar-refractivity contribution is 5.95. The number of hydrogen-bond acceptors (Lipinski definition) is 6. The number of anilines is 6. The van der Waals surface area contributed by atoms with Crippen LogP contribution in [0.5, 0.6) is 0 Å². The first-order valence-electron chi connectivity index (χ1n) is 11.8. The molecular weight excluding hydrogens is 436 g/mol. The molecule has 0 spiro atoms. The fraction of sp³-hybridized carbons (Fsp3) is 0.172. The normalized spacial score (nSPS) is 10.5. The molecule has 178 valence electrons. The summed E-state index contributed by atoms with van der Waals surface area (Å²) < 4.78 is 4.84. The minimum Gasteiger partial charge on any atom is -0.465 e. The standard InChI is InChI=1S/C29H30N4O2/c1-3-4-21-33(25-9-6-5-7-10-25)26-18-16-23(17-19-26)31-22-12-14-24(15-13-22)32-28-27(29(34)35-2)11-8-20-30-28/h5-20,31H,3-4,21H2,1-2H3,(H,30,32). The van der Waals surface area contributed by atoms with Crippen molar-refractivity contribution >= 4 is 40.2 Å². The first kappa shape index (κ1) is 23.8. The minimum absolute atomic E-state index is 0.390. The lowest BCUT2D eigenvalue weighted by Gasteiger charge is -2.25. The lowest BCUT2D eigenvalue weighted by atomic mass is 10.2. The van der Waals surface area contributed by atoms with Crippen LogP contribution >= 0.6 is 0 Å². The Morgan fingerprint density at radius 2 is 1.40 bits per heavy atom. The second-order valence-corrected chi connectivity index (χ2v) is 8.11. The Labute approximate surface area is 206 Å². The van der Waals surface area contributed by atoms with Crippen molar-refractivity contribution in [2.45, 2.75) is 19.8 Å². The lowest BCUT2D eigenvalue weighted by molar-refractivity contribution is 0.0601. The van der Waals surface area contributed by atoms with Gasteiger partial charge in [-0.05, 0) is 79.2 Å². The highest BCUT2D eigenvalue weighted by Gasteiger charge is 2.12. The van der Waals surface area contributed by atoms with Gasteiger partial charge in [0.15, 0.2) is 0 Å². The Kier molecular flexibility index (Phi) is 7.96. The molecule has 4 rings (SSSR count). The number of benzene rings is 3. The molecule has 0 saturated heterocycles. The summed E-state index contributed by atoms with van der Waals surface area (Å²) in [5.74, 6) is 0.0320. The number of unbranched alkanes of at least 4 members (excludes halogenated alkanes) is 1. The molecule has 3 aromatic carbocycles. The molecule has 0 unspecified atom stereocenters. The van der Waals surface area contributed by atoms with E-state index in [0.717, 1.165) is 36.4 Å². The summed E-state index contributed by atoms with van der Waals surface area (Å²) in [5, 5.41) is 6.63. The second kappa shape index (κ2) is 11.7. The van der Waals surface area contributed by atoms with Crippen LogP contribution < -0.4 is 15.5 Å². The van der Waals surface area contributed by atoms with Crippen LogP contribution in [0.3, 0.4) is 0 Å². The summed E-state index contributed by atoms with van der Waals surface area (Å²) >= 11 is 0. The van der Waals surface area contributed by atoms with Crippen LogP contribution in [0.15, 0.2) is 97.2 Å². The molecule has 2 N–H and O–H groups in total. The molecule has 0 aliphatic heterocycles. The van der Waals surface area contributed by atoms with E-state index < -0.39 is 5.97 Å². The van der Waals surface area contributed by atoms with Crippen LogP contribution in [0.2, 0.25) is 0 Å². The van der Waals surface area contributed by atoms with Gasteiger partial charge < -0.3 is 20.3 Å². The zero-order valence-electron chi connectivity index (χ0n) is 20.1. The minimum atomic E-state index is -0.428. The molecular formula is C29H30N4O2. The number of esters is 1. The van der Waals surface area contributed by atoms with Crippen molar-refractivity contribution in [3.63, 3.8) is 0 Å². The van der Waals surface area contributed by atoms with E-state index in [1.807, 2.05) is 30.3 Å². The SMILES string of the molecule is CCCCN(c1ccccc1)c1ccc(Nc2ccc(Nc3ncccc3C(=O)OC)cc2)cc1. The van der Waals surface area contributed by atoms with Gasteiger partial charge in [0.25, 0.3) is 0 Å². The molecule has 1 heterocycles. The molecule has 35 heavy (non-hydrogen) atoms. The molecule has 0 bridgehead atoms. The first-order valence-corrected chi connectivity index (χ1v) is 11.8. The van der Waals surface area contributed by atoms with E-state index in [-0.39, 0.29) is 0 Å². The maximum absolute atomic E-state index is 12.0. The van der Waals surface area contributed by atoms with Crippen molar-refractivity contribution in [1.82, 2.24) is 4.98 Å². The molecule has 0 aliphatic rings. The third-order valence-corrected chi connectivity index (χ3v) is 5.63. The molecule has 4 aromatic rings. The van der Waals surface area contributed by atoms with Gasteiger partial charge in [0, 0.05) is 41.2 Å². The van der Waals surface area contributed by atoms with Crippen LogP contribution in [-0.4, -0.2) is 24.6 Å². The summed E-state index contributed by atoms with van der Waals surface area (Å²) in [6, 6.07) is 30.2. The topological polar surface area (TPSA) is 66.5 Å². The summed E-state index contributed by atoms with van der Waals surface area (Å²) in [4.78, 5) is 18.6. The van der Waals surface area contributed by atoms with Crippen LogP contribution in [0, 0.1) is 0 Å². The van der Waals surface area contributed by atoms with E-state index >= 15 is 0 Å². The maximum atomic E-state index is 12.0. The summed E-state index contributed by atoms with van der Waals surface area (Å²) in [6.45, 7) is 3.20. The van der Waals surface area contributed by atoms with Gasteiger partial charge in [-0.15, -0.1) is 0 Å². The zero-order chi connectivity index (χ0) is 24.5. The average molecular weight is 467 g/mol. The fourth-order valence-electron chi connectivity index (χ4n) is 3.78. The Balaban J connectivity index is 1.43. The number of aromatic nitrogens is 1. The monoisotopic (exact) mass is 466 g/mol. The van der Waals surface area contributed by atoms with Crippen molar-refractivity contribution in [3.05, 3.63) is 103 Å². The van der Waals surface area contributed by atoms with Gasteiger partial charge in [0.2, 0.25) is 0 Å². The summed E-state index contributed by atoms with van der Waals surface area (Å²) in [7, 11) is 1.36. The average Bonchev–Trinajstić information content (AvgIpc) is 2.91. The van der Waals surface area contributed by atoms with Gasteiger partial charge in [-0.2, -0.15) is 0 Å². The number of nitrogens with zero attached hydrogens (tertiary/aromatic N) is 2. The molecule has 1 aromatic heterocycles. The predicted molar refractivity (Wildman–Crippen MR) is 143 cm³/mol. The number of para-hydroxylation sites is 1. The number of carbonyl (C=O) groups is 1. The molecule has 6 nitrogen and oxygen atoms in total. The lowest BCUT2D eigenvalue weighted by Crippen LogP contribution is -2.18. The van der Waals surface area contributed by atoms with Crippen LogP contribution in [0.1, 0.15) is 30.1 Å². The quantitative estimate of drug-likeness (QED) is 0.239. The smallest absolute Gasteiger partial charge is 0.341 e. The molecule has 0 amide bonds. The molecule has 0 aliphatic carbocycles. The summed E-state index contributed by atoms with van der Waals surface area (Å²) in [6.07, 6.45) is 3.92. The number of pyridine rings is 1.